The van der Waals surface area contributed by atoms with Gasteiger partial charge in [-0.3, -0.25) is 9.59 Å². The van der Waals surface area contributed by atoms with Crippen molar-refractivity contribution in [2.45, 2.75) is 45.6 Å². The van der Waals surface area contributed by atoms with Gasteiger partial charge in [0.15, 0.2) is 0 Å². The lowest BCUT2D eigenvalue weighted by molar-refractivity contribution is -0.138. The predicted octanol–water partition coefficient (Wildman–Crippen LogP) is 1.09. The smallest absolute Gasteiger partial charge is 0.303 e. The van der Waals surface area contributed by atoms with Crippen LogP contribution >= 0.6 is 0 Å². The first-order valence-electron chi connectivity index (χ1n) is 6.12. The normalized spacial score (nSPS) is 10.9. The number of rotatable bonds is 9. The van der Waals surface area contributed by atoms with Gasteiger partial charge in [0.2, 0.25) is 5.91 Å². The Balaban J connectivity index is 3.39. The number of hydrogen-bond acceptors (Lipinski definition) is 3. The van der Waals surface area contributed by atoms with Crippen molar-refractivity contribution in [1.29, 1.82) is 0 Å². The number of amides is 1. The molecule has 0 saturated carbocycles. The van der Waals surface area contributed by atoms with Gasteiger partial charge in [-0.15, -0.1) is 0 Å². The molecule has 100 valence electrons. The number of unbranched alkanes of at least 4 members (excludes halogenated alkanes) is 1. The highest BCUT2D eigenvalue weighted by molar-refractivity contribution is 5.80. The van der Waals surface area contributed by atoms with Gasteiger partial charge in [-0.25, -0.2) is 0 Å². The van der Waals surface area contributed by atoms with E-state index in [0.29, 0.717) is 12.6 Å². The Hall–Kier alpha value is -1.10. The van der Waals surface area contributed by atoms with E-state index in [1.54, 1.807) is 0 Å². The Kier molecular flexibility index (Phi) is 8.40. The number of aliphatic carboxylic acids is 1. The molecule has 5 heteroatoms. The fraction of sp³-hybridized carbons (Fsp3) is 0.833. The molecule has 0 saturated heterocycles. The minimum atomic E-state index is -0.932. The summed E-state index contributed by atoms with van der Waals surface area (Å²) in [6.07, 6.45) is 1.94. The molecule has 0 aliphatic heterocycles. The summed E-state index contributed by atoms with van der Waals surface area (Å²) in [7, 11) is 2.08. The highest BCUT2D eigenvalue weighted by Gasteiger charge is 2.05. The van der Waals surface area contributed by atoms with Crippen LogP contribution < -0.4 is 5.32 Å². The van der Waals surface area contributed by atoms with Crippen molar-refractivity contribution >= 4 is 11.9 Å². The minimum Gasteiger partial charge on any atom is -0.481 e. The molecule has 5 nitrogen and oxygen atoms in total. The topological polar surface area (TPSA) is 69.6 Å². The average molecular weight is 244 g/mol. The van der Waals surface area contributed by atoms with Crippen LogP contribution in [0.15, 0.2) is 0 Å². The molecule has 0 aromatic rings. The highest BCUT2D eigenvalue weighted by Crippen LogP contribution is 1.97. The molecule has 0 aliphatic carbocycles. The van der Waals surface area contributed by atoms with Gasteiger partial charge in [0.25, 0.3) is 0 Å². The zero-order chi connectivity index (χ0) is 13.3. The van der Waals surface area contributed by atoms with Gasteiger partial charge in [0, 0.05) is 19.0 Å². The van der Waals surface area contributed by atoms with E-state index >= 15 is 0 Å². The van der Waals surface area contributed by atoms with Gasteiger partial charge in [-0.1, -0.05) is 0 Å². The van der Waals surface area contributed by atoms with Gasteiger partial charge >= 0.3 is 5.97 Å². The zero-order valence-electron chi connectivity index (χ0n) is 11.0. The molecule has 0 aliphatic rings. The van der Waals surface area contributed by atoms with Crippen molar-refractivity contribution in [1.82, 2.24) is 10.2 Å². The van der Waals surface area contributed by atoms with E-state index in [1.807, 2.05) is 0 Å². The molecule has 0 atom stereocenters. The standard InChI is InChI=1S/C12H24N2O3/c1-10(2)14(3)9-5-4-8-13-11(15)6-7-12(16)17/h10H,4-9H2,1-3H3,(H,13,15)(H,16,17). The van der Waals surface area contributed by atoms with Gasteiger partial charge in [-0.05, 0) is 40.3 Å². The maximum Gasteiger partial charge on any atom is 0.303 e. The van der Waals surface area contributed by atoms with Crippen LogP contribution in [0.4, 0.5) is 0 Å². The first kappa shape index (κ1) is 15.9. The van der Waals surface area contributed by atoms with Crippen molar-refractivity contribution in [3.05, 3.63) is 0 Å². The van der Waals surface area contributed by atoms with Crippen LogP contribution in [0.3, 0.4) is 0 Å². The van der Waals surface area contributed by atoms with E-state index in [9.17, 15) is 9.59 Å². The molecule has 0 radical (unpaired) electrons. The third-order valence-electron chi connectivity index (χ3n) is 2.71. The summed E-state index contributed by atoms with van der Waals surface area (Å²) >= 11 is 0. The van der Waals surface area contributed by atoms with Gasteiger partial charge < -0.3 is 15.3 Å². The van der Waals surface area contributed by atoms with Crippen LogP contribution in [0.1, 0.15) is 39.5 Å². The molecule has 0 spiro atoms. The summed E-state index contributed by atoms with van der Waals surface area (Å²) < 4.78 is 0. The van der Waals surface area contributed by atoms with Crippen molar-refractivity contribution in [2.24, 2.45) is 0 Å². The largest absolute Gasteiger partial charge is 0.481 e. The zero-order valence-corrected chi connectivity index (χ0v) is 11.0. The molecule has 0 fully saturated rings. The Labute approximate surface area is 103 Å². The number of nitrogens with zero attached hydrogens (tertiary/aromatic N) is 1. The summed E-state index contributed by atoms with van der Waals surface area (Å²) in [4.78, 5) is 23.7. The summed E-state index contributed by atoms with van der Waals surface area (Å²) in [6.45, 7) is 5.94. The van der Waals surface area contributed by atoms with Crippen LogP contribution in [0.2, 0.25) is 0 Å². The molecule has 0 bridgehead atoms. The number of carboxylic acids is 1. The van der Waals surface area contributed by atoms with E-state index < -0.39 is 5.97 Å². The van der Waals surface area contributed by atoms with E-state index in [1.165, 1.54) is 0 Å². The lowest BCUT2D eigenvalue weighted by Crippen LogP contribution is -2.29. The molecular weight excluding hydrogens is 220 g/mol. The van der Waals surface area contributed by atoms with Crippen molar-refractivity contribution in [3.63, 3.8) is 0 Å². The molecule has 0 aromatic carbocycles. The molecule has 17 heavy (non-hydrogen) atoms. The van der Waals surface area contributed by atoms with Crippen LogP contribution in [0, 0.1) is 0 Å². The lowest BCUT2D eigenvalue weighted by atomic mass is 10.2. The van der Waals surface area contributed by atoms with Crippen molar-refractivity contribution in [2.75, 3.05) is 20.1 Å². The lowest BCUT2D eigenvalue weighted by Gasteiger charge is -2.20. The summed E-state index contributed by atoms with van der Waals surface area (Å²) in [5, 5.41) is 11.1. The Morgan fingerprint density at radius 2 is 1.88 bits per heavy atom. The SMILES string of the molecule is CC(C)N(C)CCCCNC(=O)CCC(=O)O. The second-order valence-corrected chi connectivity index (χ2v) is 4.53. The molecule has 0 aromatic heterocycles. The maximum atomic E-state index is 11.2. The fourth-order valence-electron chi connectivity index (χ4n) is 1.28. The number of carbonyl (C=O) groups excluding carboxylic acids is 1. The number of carbonyl (C=O) groups is 2. The van der Waals surface area contributed by atoms with Crippen LogP contribution in [0.25, 0.3) is 0 Å². The molecule has 0 heterocycles. The molecule has 0 unspecified atom stereocenters. The number of nitrogens with one attached hydrogen (secondary N) is 1. The van der Waals surface area contributed by atoms with Crippen molar-refractivity contribution < 1.29 is 14.7 Å². The minimum absolute atomic E-state index is 0.0707. The summed E-state index contributed by atoms with van der Waals surface area (Å²) in [5.41, 5.74) is 0. The quantitative estimate of drug-likeness (QED) is 0.596. The molecule has 0 rings (SSSR count). The van der Waals surface area contributed by atoms with Crippen molar-refractivity contribution in [3.8, 4) is 0 Å². The maximum absolute atomic E-state index is 11.2. The first-order valence-corrected chi connectivity index (χ1v) is 6.12. The summed E-state index contributed by atoms with van der Waals surface area (Å²) in [5.74, 6) is -1.11. The molecule has 2 N–H and O–H groups in total. The Morgan fingerprint density at radius 3 is 2.41 bits per heavy atom. The highest BCUT2D eigenvalue weighted by atomic mass is 16.4. The second-order valence-electron chi connectivity index (χ2n) is 4.53. The average Bonchev–Trinajstić information content (AvgIpc) is 2.25. The molecular formula is C12H24N2O3. The Morgan fingerprint density at radius 1 is 1.24 bits per heavy atom. The third kappa shape index (κ3) is 9.81. The van der Waals surface area contributed by atoms with Crippen LogP contribution in [0.5, 0.6) is 0 Å². The summed E-state index contributed by atoms with van der Waals surface area (Å²) in [6, 6.07) is 0.542. The van der Waals surface area contributed by atoms with Crippen LogP contribution in [-0.2, 0) is 9.59 Å². The predicted molar refractivity (Wildman–Crippen MR) is 66.9 cm³/mol. The van der Waals surface area contributed by atoms with E-state index in [-0.39, 0.29) is 18.7 Å². The van der Waals surface area contributed by atoms with Gasteiger partial charge in [0.05, 0.1) is 6.42 Å². The number of carboxylic acid groups (broad SMARTS) is 1. The van der Waals surface area contributed by atoms with E-state index in [2.05, 4.69) is 31.1 Å². The third-order valence-corrected chi connectivity index (χ3v) is 2.71. The van der Waals surface area contributed by atoms with Gasteiger partial charge in [-0.2, -0.15) is 0 Å². The van der Waals surface area contributed by atoms with E-state index in [0.717, 1.165) is 19.4 Å². The van der Waals surface area contributed by atoms with Crippen LogP contribution in [-0.4, -0.2) is 48.1 Å². The monoisotopic (exact) mass is 244 g/mol. The number of hydrogen-bond donors (Lipinski definition) is 2. The first-order chi connectivity index (χ1) is 7.93. The van der Waals surface area contributed by atoms with Gasteiger partial charge in [0.1, 0.15) is 0 Å². The van der Waals surface area contributed by atoms with E-state index in [4.69, 9.17) is 5.11 Å². The fourth-order valence-corrected chi connectivity index (χ4v) is 1.28. The molecule has 1 amide bonds. The second kappa shape index (κ2) is 8.98. The Bertz CT molecular complexity index is 242.